The van der Waals surface area contributed by atoms with Crippen LogP contribution in [0.2, 0.25) is 0 Å². The average molecular weight is 235 g/mol. The number of hydrogen-bond donors (Lipinski definition) is 0. The third-order valence-corrected chi connectivity index (χ3v) is 6.84. The maximum Gasteiger partial charge on any atom is -0.0210 e. The molecule has 2 fully saturated rings. The van der Waals surface area contributed by atoms with Crippen molar-refractivity contribution in [3.8, 4) is 0 Å². The molecule has 0 aromatic rings. The van der Waals surface area contributed by atoms with Gasteiger partial charge in [0.25, 0.3) is 0 Å². The van der Waals surface area contributed by atoms with E-state index in [9.17, 15) is 0 Å². The highest BCUT2D eigenvalue weighted by atomic mass is 14.6. The summed E-state index contributed by atoms with van der Waals surface area (Å²) in [6.07, 6.45) is 10.2. The molecule has 17 heavy (non-hydrogen) atoms. The topological polar surface area (TPSA) is 0 Å². The summed E-state index contributed by atoms with van der Waals surface area (Å²) in [7, 11) is 0. The normalized spacial score (nSPS) is 40.4. The van der Waals surface area contributed by atoms with E-state index in [4.69, 9.17) is 0 Å². The minimum absolute atomic E-state index is 0.437. The van der Waals surface area contributed by atoms with Gasteiger partial charge in [0.2, 0.25) is 0 Å². The van der Waals surface area contributed by atoms with E-state index < -0.39 is 0 Å². The first-order valence-electron chi connectivity index (χ1n) is 7.73. The van der Waals surface area contributed by atoms with Crippen molar-refractivity contribution < 1.29 is 0 Å². The summed E-state index contributed by atoms with van der Waals surface area (Å²) in [5.41, 5.74) is 0.975. The minimum atomic E-state index is 0.437. The van der Waals surface area contributed by atoms with Gasteiger partial charge in [-0.25, -0.2) is 0 Å². The molecule has 2 unspecified atom stereocenters. The fourth-order valence-corrected chi connectivity index (χ4v) is 4.74. The van der Waals surface area contributed by atoms with E-state index in [2.05, 4.69) is 34.6 Å². The lowest BCUT2D eigenvalue weighted by molar-refractivity contribution is -0.0637. The van der Waals surface area contributed by atoms with Crippen LogP contribution < -0.4 is 0 Å². The molecule has 0 heterocycles. The summed E-state index contributed by atoms with van der Waals surface area (Å²) in [5.74, 6) is 3.62. The van der Waals surface area contributed by atoms with Gasteiger partial charge in [-0.05, 0) is 54.3 Å². The number of hydrogen-bond acceptors (Lipinski definition) is 0. The largest absolute Gasteiger partial charge is 0.0620 e. The number of rotatable bonds is 1. The van der Waals surface area contributed by atoms with E-state index in [-0.39, 0.29) is 0 Å². The molecular weight excluding hydrogens is 204 g/mol. The van der Waals surface area contributed by atoms with Crippen molar-refractivity contribution in [3.05, 3.63) is 5.92 Å². The molecule has 0 heteroatoms. The van der Waals surface area contributed by atoms with Crippen molar-refractivity contribution in [1.29, 1.82) is 0 Å². The monoisotopic (exact) mass is 235 g/mol. The van der Waals surface area contributed by atoms with E-state index in [0.717, 1.165) is 11.8 Å². The molecule has 0 amide bonds. The fraction of sp³-hybridized carbons (Fsp3) is 0.941. The van der Waals surface area contributed by atoms with Gasteiger partial charge in [-0.1, -0.05) is 53.9 Å². The molecule has 0 N–H and O–H groups in total. The minimum Gasteiger partial charge on any atom is -0.0620 e. The van der Waals surface area contributed by atoms with Crippen molar-refractivity contribution in [2.75, 3.05) is 0 Å². The Morgan fingerprint density at radius 1 is 0.941 bits per heavy atom. The Kier molecular flexibility index (Phi) is 3.63. The van der Waals surface area contributed by atoms with E-state index in [1.807, 2.05) is 0 Å². The van der Waals surface area contributed by atoms with E-state index in [1.165, 1.54) is 44.9 Å². The van der Waals surface area contributed by atoms with Gasteiger partial charge in [0.15, 0.2) is 0 Å². The molecule has 0 aromatic heterocycles. The summed E-state index contributed by atoms with van der Waals surface area (Å²) in [4.78, 5) is 0. The first kappa shape index (κ1) is 13.4. The highest BCUT2D eigenvalue weighted by Crippen LogP contribution is 2.62. The highest BCUT2D eigenvalue weighted by molar-refractivity contribution is 5.14. The Balaban J connectivity index is 2.28. The maximum atomic E-state index is 2.61. The second-order valence-corrected chi connectivity index (χ2v) is 7.46. The Morgan fingerprint density at radius 2 is 1.53 bits per heavy atom. The quantitative estimate of drug-likeness (QED) is 0.553. The van der Waals surface area contributed by atoms with Gasteiger partial charge in [-0.15, -0.1) is 0 Å². The standard InChI is InChI=1S/C17H31/c1-13-11-12-14(2)17(5,16(13,3)4)15-9-7-6-8-10-15/h14-15H,6-12H2,1-5H3. The van der Waals surface area contributed by atoms with Crippen LogP contribution in [0.15, 0.2) is 0 Å². The van der Waals surface area contributed by atoms with E-state index in [1.54, 1.807) is 5.92 Å². The van der Waals surface area contributed by atoms with Gasteiger partial charge < -0.3 is 0 Å². The predicted molar refractivity (Wildman–Crippen MR) is 75.8 cm³/mol. The van der Waals surface area contributed by atoms with Crippen LogP contribution in [0.1, 0.15) is 79.6 Å². The van der Waals surface area contributed by atoms with E-state index in [0.29, 0.717) is 10.8 Å². The molecule has 2 saturated carbocycles. The Bertz CT molecular complexity index is 259. The zero-order valence-electron chi connectivity index (χ0n) is 12.6. The van der Waals surface area contributed by atoms with Crippen molar-refractivity contribution in [1.82, 2.24) is 0 Å². The molecule has 1 radical (unpaired) electrons. The second-order valence-electron chi connectivity index (χ2n) is 7.46. The van der Waals surface area contributed by atoms with Gasteiger partial charge >= 0.3 is 0 Å². The first-order chi connectivity index (χ1) is 7.90. The van der Waals surface area contributed by atoms with Gasteiger partial charge in [-0.3, -0.25) is 0 Å². The van der Waals surface area contributed by atoms with Crippen LogP contribution in [0.5, 0.6) is 0 Å². The molecule has 0 aromatic carbocycles. The van der Waals surface area contributed by atoms with Crippen LogP contribution in [0.25, 0.3) is 0 Å². The van der Waals surface area contributed by atoms with Gasteiger partial charge in [0.05, 0.1) is 0 Å². The SMILES string of the molecule is C[C]1CCC(C)C(C)(C2CCCCC2)C1(C)C. The lowest BCUT2D eigenvalue weighted by Gasteiger charge is -2.60. The molecule has 0 aliphatic heterocycles. The Labute approximate surface area is 109 Å². The van der Waals surface area contributed by atoms with Crippen molar-refractivity contribution in [2.45, 2.75) is 79.6 Å². The molecule has 0 bridgehead atoms. The molecule has 2 aliphatic rings. The second kappa shape index (κ2) is 4.59. The maximum absolute atomic E-state index is 2.61. The lowest BCUT2D eigenvalue weighted by atomic mass is 9.45. The van der Waals surface area contributed by atoms with Gasteiger partial charge in [-0.2, -0.15) is 0 Å². The molecule has 99 valence electrons. The van der Waals surface area contributed by atoms with Crippen LogP contribution in [0, 0.1) is 28.6 Å². The fourth-order valence-electron chi connectivity index (χ4n) is 4.74. The third-order valence-electron chi connectivity index (χ3n) is 6.84. The molecule has 0 spiro atoms. The van der Waals surface area contributed by atoms with Crippen molar-refractivity contribution in [3.63, 3.8) is 0 Å². The highest BCUT2D eigenvalue weighted by Gasteiger charge is 2.54. The molecule has 0 saturated heterocycles. The smallest absolute Gasteiger partial charge is 0.0210 e. The molecular formula is C17H31. The molecule has 2 atom stereocenters. The van der Waals surface area contributed by atoms with Crippen LogP contribution >= 0.6 is 0 Å². The van der Waals surface area contributed by atoms with Crippen molar-refractivity contribution in [2.24, 2.45) is 22.7 Å². The Hall–Kier alpha value is 0. The lowest BCUT2D eigenvalue weighted by Crippen LogP contribution is -2.52. The molecule has 2 aliphatic carbocycles. The summed E-state index contributed by atoms with van der Waals surface area (Å²) in [6.45, 7) is 12.6. The zero-order valence-corrected chi connectivity index (χ0v) is 12.6. The zero-order chi connectivity index (χ0) is 12.7. The summed E-state index contributed by atoms with van der Waals surface area (Å²) in [6, 6.07) is 0. The summed E-state index contributed by atoms with van der Waals surface area (Å²) < 4.78 is 0. The van der Waals surface area contributed by atoms with Crippen LogP contribution in [-0.4, -0.2) is 0 Å². The molecule has 0 nitrogen and oxygen atoms in total. The predicted octanol–water partition coefficient (Wildman–Crippen LogP) is 5.62. The van der Waals surface area contributed by atoms with Gasteiger partial charge in [0, 0.05) is 0 Å². The third kappa shape index (κ3) is 1.96. The van der Waals surface area contributed by atoms with Crippen LogP contribution in [-0.2, 0) is 0 Å². The molecule has 2 rings (SSSR count). The van der Waals surface area contributed by atoms with Crippen LogP contribution in [0.3, 0.4) is 0 Å². The Morgan fingerprint density at radius 3 is 2.12 bits per heavy atom. The first-order valence-corrected chi connectivity index (χ1v) is 7.73. The van der Waals surface area contributed by atoms with Crippen molar-refractivity contribution >= 4 is 0 Å². The van der Waals surface area contributed by atoms with E-state index >= 15 is 0 Å². The summed E-state index contributed by atoms with van der Waals surface area (Å²) >= 11 is 0. The summed E-state index contributed by atoms with van der Waals surface area (Å²) in [5, 5.41) is 0. The van der Waals surface area contributed by atoms with Crippen LogP contribution in [0.4, 0.5) is 0 Å². The average Bonchev–Trinajstić information content (AvgIpc) is 2.33. The van der Waals surface area contributed by atoms with Gasteiger partial charge in [0.1, 0.15) is 0 Å².